The number of aromatic amines is 1. The van der Waals surface area contributed by atoms with Gasteiger partial charge in [0.25, 0.3) is 5.91 Å². The first-order chi connectivity index (χ1) is 13.8. The molecule has 2 aromatic heterocycles. The molecule has 7 heteroatoms. The molecule has 144 valence electrons. The van der Waals surface area contributed by atoms with Crippen molar-refractivity contribution in [1.82, 2.24) is 25.3 Å². The zero-order valence-corrected chi connectivity index (χ0v) is 15.9. The van der Waals surface area contributed by atoms with Gasteiger partial charge < -0.3 is 4.98 Å². The Bertz CT molecular complexity index is 953. The molecule has 3 aliphatic rings. The lowest BCUT2D eigenvalue weighted by molar-refractivity contribution is -0.116. The van der Waals surface area contributed by atoms with Gasteiger partial charge in [-0.25, -0.2) is 15.4 Å². The summed E-state index contributed by atoms with van der Waals surface area (Å²) in [6.45, 7) is 3.26. The van der Waals surface area contributed by atoms with E-state index in [1.54, 1.807) is 12.3 Å². The van der Waals surface area contributed by atoms with Crippen LogP contribution in [0.1, 0.15) is 53.9 Å². The second kappa shape index (κ2) is 7.31. The molecule has 5 rings (SSSR count). The van der Waals surface area contributed by atoms with E-state index in [0.29, 0.717) is 17.0 Å². The highest BCUT2D eigenvalue weighted by atomic mass is 16.2. The zero-order valence-electron chi connectivity index (χ0n) is 15.9. The Kier molecular flexibility index (Phi) is 4.52. The summed E-state index contributed by atoms with van der Waals surface area (Å²) in [5, 5.41) is 4.21. The quantitative estimate of drug-likeness (QED) is 0.801. The van der Waals surface area contributed by atoms with E-state index in [0.717, 1.165) is 38.2 Å². The van der Waals surface area contributed by atoms with Crippen LogP contribution in [0.3, 0.4) is 0 Å². The predicted octanol–water partition coefficient (Wildman–Crippen LogP) is 2.20. The normalized spacial score (nSPS) is 21.1. The summed E-state index contributed by atoms with van der Waals surface area (Å²) in [6.07, 6.45) is 12.3. The highest BCUT2D eigenvalue weighted by Gasteiger charge is 2.27. The van der Waals surface area contributed by atoms with Gasteiger partial charge in [0.05, 0.1) is 11.3 Å². The van der Waals surface area contributed by atoms with E-state index in [-0.39, 0.29) is 5.91 Å². The number of amides is 1. The van der Waals surface area contributed by atoms with E-state index in [9.17, 15) is 4.79 Å². The zero-order chi connectivity index (χ0) is 18.9. The molecule has 1 fully saturated rings. The lowest BCUT2D eigenvalue weighted by atomic mass is 9.93. The van der Waals surface area contributed by atoms with Crippen LogP contribution in [0.4, 0.5) is 0 Å². The van der Waals surface area contributed by atoms with Crippen LogP contribution < -0.4 is 5.43 Å². The van der Waals surface area contributed by atoms with Gasteiger partial charge in [0.15, 0.2) is 0 Å². The molecule has 1 saturated heterocycles. The Morgan fingerprint density at radius 2 is 2.00 bits per heavy atom. The number of likely N-dealkylation sites (tertiary alicyclic amines) is 1. The summed E-state index contributed by atoms with van der Waals surface area (Å²) in [5.74, 6) is -0.187. The van der Waals surface area contributed by atoms with Crippen LogP contribution in [0, 0.1) is 0 Å². The SMILES string of the molecule is O=C1NN=C(c2ccncn2)/C1=C\c1[nH]c2c(c1CN1CCCC1)CCCC2. The third kappa shape index (κ3) is 3.16. The van der Waals surface area contributed by atoms with E-state index in [1.807, 2.05) is 6.08 Å². The van der Waals surface area contributed by atoms with E-state index in [2.05, 4.69) is 30.4 Å². The molecule has 4 heterocycles. The number of aryl methyl sites for hydroxylation is 1. The van der Waals surface area contributed by atoms with E-state index < -0.39 is 0 Å². The first-order valence-electron chi connectivity index (χ1n) is 10.1. The number of fused-ring (bicyclic) bond motifs is 1. The summed E-state index contributed by atoms with van der Waals surface area (Å²) < 4.78 is 0. The van der Waals surface area contributed by atoms with E-state index >= 15 is 0 Å². The van der Waals surface area contributed by atoms with Gasteiger partial charge in [0.2, 0.25) is 0 Å². The predicted molar refractivity (Wildman–Crippen MR) is 107 cm³/mol. The van der Waals surface area contributed by atoms with Gasteiger partial charge >= 0.3 is 0 Å². The number of hydrazone groups is 1. The van der Waals surface area contributed by atoms with Gasteiger partial charge in [-0.3, -0.25) is 9.69 Å². The van der Waals surface area contributed by atoms with Crippen LogP contribution in [-0.4, -0.2) is 44.6 Å². The van der Waals surface area contributed by atoms with Crippen molar-refractivity contribution in [3.8, 4) is 0 Å². The second-order valence-electron chi connectivity index (χ2n) is 7.72. The minimum absolute atomic E-state index is 0.187. The summed E-state index contributed by atoms with van der Waals surface area (Å²) in [7, 11) is 0. The molecule has 0 bridgehead atoms. The third-order valence-electron chi connectivity index (χ3n) is 5.91. The smallest absolute Gasteiger partial charge is 0.273 e. The highest BCUT2D eigenvalue weighted by Crippen LogP contribution is 2.31. The first-order valence-corrected chi connectivity index (χ1v) is 10.1. The Hall–Kier alpha value is -2.80. The van der Waals surface area contributed by atoms with Gasteiger partial charge in [-0.05, 0) is 74.9 Å². The van der Waals surface area contributed by atoms with Crippen LogP contribution in [0.15, 0.2) is 29.3 Å². The minimum atomic E-state index is -0.187. The molecule has 0 saturated carbocycles. The Balaban J connectivity index is 1.55. The minimum Gasteiger partial charge on any atom is -0.358 e. The van der Waals surface area contributed by atoms with Gasteiger partial charge in [-0.15, -0.1) is 0 Å². The molecule has 0 atom stereocenters. The van der Waals surface area contributed by atoms with Crippen molar-refractivity contribution in [3.05, 3.63) is 52.4 Å². The molecule has 0 radical (unpaired) electrons. The summed E-state index contributed by atoms with van der Waals surface area (Å²) in [5.41, 5.74) is 9.57. The standard InChI is InChI=1S/C21H24N6O/c28-21-15(20(25-26-21)18-7-8-22-13-23-18)11-19-16(12-27-9-3-4-10-27)14-5-1-2-6-17(14)24-19/h7-8,11,13,24H,1-6,9-10,12H2,(H,26,28)/b15-11+. The van der Waals surface area contributed by atoms with Crippen molar-refractivity contribution in [3.63, 3.8) is 0 Å². The number of nitrogens with zero attached hydrogens (tertiary/aromatic N) is 4. The molecule has 7 nitrogen and oxygen atoms in total. The van der Waals surface area contributed by atoms with Crippen LogP contribution in [0.25, 0.3) is 6.08 Å². The lowest BCUT2D eigenvalue weighted by Gasteiger charge is -2.18. The Labute approximate surface area is 164 Å². The molecule has 0 spiro atoms. The summed E-state index contributed by atoms with van der Waals surface area (Å²) in [4.78, 5) is 26.9. The molecule has 1 aliphatic carbocycles. The molecular formula is C21H24N6O. The lowest BCUT2D eigenvalue weighted by Crippen LogP contribution is -2.20. The maximum atomic E-state index is 12.5. The molecule has 28 heavy (non-hydrogen) atoms. The fourth-order valence-corrected chi connectivity index (χ4v) is 4.48. The van der Waals surface area contributed by atoms with Crippen LogP contribution >= 0.6 is 0 Å². The maximum Gasteiger partial charge on any atom is 0.273 e. The first kappa shape index (κ1) is 17.3. The number of hydrogen-bond acceptors (Lipinski definition) is 5. The van der Waals surface area contributed by atoms with Crippen molar-refractivity contribution in [1.29, 1.82) is 0 Å². The number of H-pyrrole nitrogens is 1. The number of carbonyl (C=O) groups excluding carboxylic acids is 1. The number of nitrogens with one attached hydrogen (secondary N) is 2. The second-order valence-corrected chi connectivity index (χ2v) is 7.72. The maximum absolute atomic E-state index is 12.5. The number of aromatic nitrogens is 3. The van der Waals surface area contributed by atoms with E-state index in [1.165, 1.54) is 48.8 Å². The fraction of sp³-hybridized carbons (Fsp3) is 0.429. The van der Waals surface area contributed by atoms with Gasteiger partial charge in [0, 0.05) is 24.1 Å². The monoisotopic (exact) mass is 376 g/mol. The molecule has 1 amide bonds. The van der Waals surface area contributed by atoms with Gasteiger partial charge in [-0.2, -0.15) is 5.10 Å². The average Bonchev–Trinajstić information content (AvgIpc) is 3.45. The molecule has 2 aliphatic heterocycles. The summed E-state index contributed by atoms with van der Waals surface area (Å²) >= 11 is 0. The highest BCUT2D eigenvalue weighted by molar-refractivity contribution is 6.32. The molecule has 2 N–H and O–H groups in total. The molecule has 0 aromatic carbocycles. The summed E-state index contributed by atoms with van der Waals surface area (Å²) in [6, 6.07) is 1.78. The van der Waals surface area contributed by atoms with Gasteiger partial charge in [-0.1, -0.05) is 0 Å². The number of hydrogen-bond donors (Lipinski definition) is 2. The number of carbonyl (C=O) groups is 1. The van der Waals surface area contributed by atoms with Crippen molar-refractivity contribution in [2.24, 2.45) is 5.10 Å². The largest absolute Gasteiger partial charge is 0.358 e. The van der Waals surface area contributed by atoms with Crippen LogP contribution in [0.2, 0.25) is 0 Å². The third-order valence-corrected chi connectivity index (χ3v) is 5.91. The Morgan fingerprint density at radius 1 is 1.14 bits per heavy atom. The topological polar surface area (TPSA) is 86.3 Å². The van der Waals surface area contributed by atoms with Crippen LogP contribution in [0.5, 0.6) is 0 Å². The van der Waals surface area contributed by atoms with Crippen molar-refractivity contribution in [2.45, 2.75) is 45.1 Å². The van der Waals surface area contributed by atoms with Crippen molar-refractivity contribution in [2.75, 3.05) is 13.1 Å². The fourth-order valence-electron chi connectivity index (χ4n) is 4.48. The molecule has 0 unspecified atom stereocenters. The number of rotatable bonds is 4. The van der Waals surface area contributed by atoms with Crippen molar-refractivity contribution >= 4 is 17.7 Å². The van der Waals surface area contributed by atoms with Crippen LogP contribution in [-0.2, 0) is 24.2 Å². The molecular weight excluding hydrogens is 352 g/mol. The van der Waals surface area contributed by atoms with Crippen molar-refractivity contribution < 1.29 is 4.79 Å². The Morgan fingerprint density at radius 3 is 2.82 bits per heavy atom. The van der Waals surface area contributed by atoms with Gasteiger partial charge in [0.1, 0.15) is 12.0 Å². The molecule has 2 aromatic rings. The van der Waals surface area contributed by atoms with E-state index in [4.69, 9.17) is 0 Å². The average molecular weight is 376 g/mol.